The molecular weight excluding hydrogens is 358 g/mol. The van der Waals surface area contributed by atoms with E-state index in [-0.39, 0.29) is 29.5 Å². The third-order valence-electron chi connectivity index (χ3n) is 5.89. The molecule has 1 aliphatic carbocycles. The van der Waals surface area contributed by atoms with Crippen molar-refractivity contribution in [1.82, 2.24) is 10.2 Å². The molecular formula is C21H21N3O4. The lowest BCUT2D eigenvalue weighted by atomic mass is 9.92. The Morgan fingerprint density at radius 1 is 1.11 bits per heavy atom. The summed E-state index contributed by atoms with van der Waals surface area (Å²) in [6.07, 6.45) is 2.36. The van der Waals surface area contributed by atoms with Crippen LogP contribution in [0.15, 0.2) is 24.3 Å². The van der Waals surface area contributed by atoms with E-state index in [2.05, 4.69) is 10.2 Å². The van der Waals surface area contributed by atoms with E-state index in [9.17, 15) is 9.59 Å². The molecule has 0 atom stereocenters. The van der Waals surface area contributed by atoms with Crippen LogP contribution in [0.5, 0.6) is 17.4 Å². The van der Waals surface area contributed by atoms with Gasteiger partial charge >= 0.3 is 0 Å². The van der Waals surface area contributed by atoms with Crippen molar-refractivity contribution in [3.05, 3.63) is 35.4 Å². The van der Waals surface area contributed by atoms with E-state index in [1.807, 2.05) is 19.1 Å². The number of carbonyl (C=O) groups excluding carboxylic acids is 2. The molecule has 0 N–H and O–H groups in total. The number of aromatic nitrogens is 2. The number of nitrogens with zero attached hydrogens (tertiary/aromatic N) is 3. The molecule has 7 heteroatoms. The predicted molar refractivity (Wildman–Crippen MR) is 101 cm³/mol. The zero-order valence-electron chi connectivity index (χ0n) is 16.1. The molecule has 1 aromatic carbocycles. The second-order valence-electron chi connectivity index (χ2n) is 8.58. The van der Waals surface area contributed by atoms with Crippen molar-refractivity contribution in [3.63, 3.8) is 0 Å². The molecule has 1 saturated carbocycles. The van der Waals surface area contributed by atoms with Crippen molar-refractivity contribution < 1.29 is 19.1 Å². The maximum atomic E-state index is 12.4. The van der Waals surface area contributed by atoms with E-state index in [1.165, 1.54) is 0 Å². The molecule has 28 heavy (non-hydrogen) atoms. The topological polar surface area (TPSA) is 81.6 Å². The van der Waals surface area contributed by atoms with Crippen LogP contribution in [-0.2, 0) is 15.0 Å². The SMILES string of the molecule is Cc1ccc(Oc2ccc(N3C(=O)CC(C)(C)C3=O)nn2)c2c1OCC21CC1. The number of benzene rings is 1. The van der Waals surface area contributed by atoms with E-state index in [4.69, 9.17) is 9.47 Å². The number of anilines is 1. The lowest BCUT2D eigenvalue weighted by Gasteiger charge is -2.17. The van der Waals surface area contributed by atoms with Crippen LogP contribution in [0.4, 0.5) is 5.82 Å². The van der Waals surface area contributed by atoms with Crippen LogP contribution in [0, 0.1) is 12.3 Å². The van der Waals surface area contributed by atoms with E-state index >= 15 is 0 Å². The van der Waals surface area contributed by atoms with Crippen molar-refractivity contribution in [2.45, 2.75) is 45.4 Å². The van der Waals surface area contributed by atoms with Crippen LogP contribution in [0.3, 0.4) is 0 Å². The number of carbonyl (C=O) groups is 2. The largest absolute Gasteiger partial charge is 0.492 e. The van der Waals surface area contributed by atoms with Gasteiger partial charge in [-0.2, -0.15) is 0 Å². The average Bonchev–Trinajstić information content (AvgIpc) is 3.26. The minimum Gasteiger partial charge on any atom is -0.492 e. The minimum absolute atomic E-state index is 0.0734. The highest BCUT2D eigenvalue weighted by atomic mass is 16.5. The standard InChI is InChI=1S/C21H21N3O4/c1-12-4-5-13(17-18(12)27-11-21(17)8-9-21)28-15-7-6-14(22-23-15)24-16(25)10-20(2,3)19(24)26/h4-7H,8-11H2,1-3H3. The van der Waals surface area contributed by atoms with Crippen LogP contribution in [-0.4, -0.2) is 28.6 Å². The summed E-state index contributed by atoms with van der Waals surface area (Å²) in [5.74, 6) is 1.66. The maximum absolute atomic E-state index is 12.4. The highest BCUT2D eigenvalue weighted by molar-refractivity contribution is 6.21. The average molecular weight is 379 g/mol. The summed E-state index contributed by atoms with van der Waals surface area (Å²) in [4.78, 5) is 25.8. The zero-order chi connectivity index (χ0) is 19.7. The van der Waals surface area contributed by atoms with Gasteiger partial charge < -0.3 is 9.47 Å². The van der Waals surface area contributed by atoms with Gasteiger partial charge in [-0.3, -0.25) is 9.59 Å². The number of hydrogen-bond donors (Lipinski definition) is 0. The molecule has 2 aliphatic heterocycles. The Hall–Kier alpha value is -2.96. The fourth-order valence-electron chi connectivity index (χ4n) is 4.05. The molecule has 5 rings (SSSR count). The molecule has 0 bridgehead atoms. The van der Waals surface area contributed by atoms with Gasteiger partial charge in [-0.15, -0.1) is 10.2 Å². The van der Waals surface area contributed by atoms with Crippen LogP contribution >= 0.6 is 0 Å². The number of rotatable bonds is 3. The van der Waals surface area contributed by atoms with Crippen LogP contribution < -0.4 is 14.4 Å². The van der Waals surface area contributed by atoms with E-state index < -0.39 is 5.41 Å². The summed E-state index contributed by atoms with van der Waals surface area (Å²) in [5.41, 5.74) is 1.57. The zero-order valence-corrected chi connectivity index (χ0v) is 16.1. The molecule has 2 aromatic rings. The molecule has 1 saturated heterocycles. The third kappa shape index (κ3) is 2.42. The minimum atomic E-state index is -0.713. The number of amides is 2. The molecule has 2 amide bonds. The monoisotopic (exact) mass is 379 g/mol. The Labute approximate surface area is 162 Å². The maximum Gasteiger partial charge on any atom is 0.241 e. The Balaban J connectivity index is 1.43. The van der Waals surface area contributed by atoms with Gasteiger partial charge in [0.25, 0.3) is 0 Å². The summed E-state index contributed by atoms with van der Waals surface area (Å²) >= 11 is 0. The lowest BCUT2D eigenvalue weighted by molar-refractivity contribution is -0.124. The van der Waals surface area contributed by atoms with Gasteiger partial charge in [-0.05, 0) is 37.5 Å². The van der Waals surface area contributed by atoms with Gasteiger partial charge in [0.1, 0.15) is 11.5 Å². The number of aryl methyl sites for hydroxylation is 1. The van der Waals surface area contributed by atoms with Crippen molar-refractivity contribution in [3.8, 4) is 17.4 Å². The molecule has 7 nitrogen and oxygen atoms in total. The van der Waals surface area contributed by atoms with Crippen LogP contribution in [0.2, 0.25) is 0 Å². The normalized spacial score (nSPS) is 21.0. The number of imide groups is 1. The first kappa shape index (κ1) is 17.2. The van der Waals surface area contributed by atoms with Gasteiger partial charge in [0.2, 0.25) is 17.7 Å². The second kappa shape index (κ2) is 5.53. The quantitative estimate of drug-likeness (QED) is 0.761. The van der Waals surface area contributed by atoms with Crippen LogP contribution in [0.1, 0.15) is 44.2 Å². The molecule has 144 valence electrons. The summed E-state index contributed by atoms with van der Waals surface area (Å²) in [6.45, 7) is 6.24. The Morgan fingerprint density at radius 2 is 1.89 bits per heavy atom. The number of hydrogen-bond acceptors (Lipinski definition) is 6. The molecule has 0 unspecified atom stereocenters. The van der Waals surface area contributed by atoms with Gasteiger partial charge in [0.15, 0.2) is 5.82 Å². The Bertz CT molecular complexity index is 1010. The summed E-state index contributed by atoms with van der Waals surface area (Å²) in [6, 6.07) is 7.14. The van der Waals surface area contributed by atoms with E-state index in [0.29, 0.717) is 12.5 Å². The highest BCUT2D eigenvalue weighted by Crippen LogP contribution is 2.59. The molecule has 2 fully saturated rings. The van der Waals surface area contributed by atoms with Crippen molar-refractivity contribution in [2.24, 2.45) is 5.41 Å². The first-order valence-electron chi connectivity index (χ1n) is 9.47. The molecule has 3 aliphatic rings. The van der Waals surface area contributed by atoms with Gasteiger partial charge in [-0.1, -0.05) is 19.9 Å². The first-order valence-corrected chi connectivity index (χ1v) is 9.47. The number of fused-ring (bicyclic) bond motifs is 2. The van der Waals surface area contributed by atoms with Gasteiger partial charge in [0.05, 0.1) is 12.0 Å². The van der Waals surface area contributed by atoms with Gasteiger partial charge in [-0.25, -0.2) is 4.90 Å². The fourth-order valence-corrected chi connectivity index (χ4v) is 4.05. The van der Waals surface area contributed by atoms with Gasteiger partial charge in [0, 0.05) is 23.5 Å². The smallest absolute Gasteiger partial charge is 0.241 e. The third-order valence-corrected chi connectivity index (χ3v) is 5.89. The molecule has 1 aromatic heterocycles. The summed E-state index contributed by atoms with van der Waals surface area (Å²) in [7, 11) is 0. The Morgan fingerprint density at radius 3 is 2.50 bits per heavy atom. The number of ether oxygens (including phenoxy) is 2. The molecule has 0 radical (unpaired) electrons. The van der Waals surface area contributed by atoms with Crippen molar-refractivity contribution in [1.29, 1.82) is 0 Å². The van der Waals surface area contributed by atoms with E-state index in [0.717, 1.165) is 40.4 Å². The summed E-state index contributed by atoms with van der Waals surface area (Å²) in [5, 5.41) is 8.16. The Kier molecular flexibility index (Phi) is 3.39. The highest BCUT2D eigenvalue weighted by Gasteiger charge is 2.53. The predicted octanol–water partition coefficient (Wildman–Crippen LogP) is 3.29. The van der Waals surface area contributed by atoms with E-state index in [1.54, 1.807) is 26.0 Å². The summed E-state index contributed by atoms with van der Waals surface area (Å²) < 4.78 is 11.9. The second-order valence-corrected chi connectivity index (χ2v) is 8.58. The van der Waals surface area contributed by atoms with Crippen molar-refractivity contribution in [2.75, 3.05) is 11.5 Å². The fraction of sp³-hybridized carbons (Fsp3) is 0.429. The van der Waals surface area contributed by atoms with Crippen molar-refractivity contribution >= 4 is 17.6 Å². The van der Waals surface area contributed by atoms with Crippen LogP contribution in [0.25, 0.3) is 0 Å². The first-order chi connectivity index (χ1) is 13.3. The molecule has 1 spiro atoms. The molecule has 3 heterocycles. The lowest BCUT2D eigenvalue weighted by Crippen LogP contribution is -2.33.